The van der Waals surface area contributed by atoms with Gasteiger partial charge in [-0.2, -0.15) is 5.26 Å². The van der Waals surface area contributed by atoms with E-state index < -0.39 is 0 Å². The maximum Gasteiger partial charge on any atom is 0.333 e. The summed E-state index contributed by atoms with van der Waals surface area (Å²) in [4.78, 5) is 17.6. The Morgan fingerprint density at radius 3 is 2.49 bits per heavy atom. The van der Waals surface area contributed by atoms with Gasteiger partial charge in [0.05, 0.1) is 41.7 Å². The Balaban J connectivity index is 1.26. The number of hydrazine groups is 1. The maximum absolute atomic E-state index is 12.8. The van der Waals surface area contributed by atoms with E-state index in [1.54, 1.807) is 42.5 Å². The van der Waals surface area contributed by atoms with Crippen LogP contribution in [0.3, 0.4) is 0 Å². The molecule has 0 bridgehead atoms. The van der Waals surface area contributed by atoms with Crippen LogP contribution in [0.15, 0.2) is 66.7 Å². The van der Waals surface area contributed by atoms with Crippen molar-refractivity contribution in [3.05, 3.63) is 87.9 Å². The fourth-order valence-corrected chi connectivity index (χ4v) is 5.03. The first kappa shape index (κ1) is 28.4. The number of nitrogens with one attached hydrogen (secondary N) is 2. The van der Waals surface area contributed by atoms with Crippen molar-refractivity contribution in [2.75, 3.05) is 56.3 Å². The average molecular weight is 568 g/mol. The van der Waals surface area contributed by atoms with Gasteiger partial charge in [0.25, 0.3) is 0 Å². The number of ether oxygens (including phenoxy) is 1. The quantitative estimate of drug-likeness (QED) is 0.255. The van der Waals surface area contributed by atoms with Gasteiger partial charge in [-0.1, -0.05) is 47.5 Å². The van der Waals surface area contributed by atoms with E-state index in [0.29, 0.717) is 34.4 Å². The van der Waals surface area contributed by atoms with Gasteiger partial charge in [-0.05, 0) is 61.0 Å². The number of carbonyl (C=O) groups is 1. The van der Waals surface area contributed by atoms with E-state index in [4.69, 9.17) is 33.2 Å². The molecule has 8 nitrogen and oxygen atoms in total. The molecule has 0 radical (unpaired) electrons. The molecule has 1 aliphatic heterocycles. The summed E-state index contributed by atoms with van der Waals surface area (Å²) < 4.78 is 5.51. The van der Waals surface area contributed by atoms with Crippen LogP contribution in [0.1, 0.15) is 17.5 Å². The SMILES string of the molecule is COc1ccccc1N1CCN(CCCNC(=O)NN(Cc2ccc(C#N)cc2)c2ccc(Cl)cc2Cl)CC1. The molecule has 1 heterocycles. The van der Waals surface area contributed by atoms with Crippen LogP contribution in [-0.2, 0) is 6.54 Å². The minimum atomic E-state index is -0.323. The topological polar surface area (TPSA) is 83.9 Å². The van der Waals surface area contributed by atoms with Crippen molar-refractivity contribution in [3.63, 3.8) is 0 Å². The molecular formula is C29H32Cl2N6O2. The zero-order valence-corrected chi connectivity index (χ0v) is 23.4. The highest BCUT2D eigenvalue weighted by molar-refractivity contribution is 6.36. The molecular weight excluding hydrogens is 535 g/mol. The standard InChI is InChI=1S/C29H32Cl2N6O2/c1-39-28-6-3-2-5-27(28)36-17-15-35(16-18-36)14-4-13-33-29(38)34-37(26-12-11-24(30)19-25(26)31)21-23-9-7-22(20-32)8-10-23/h2-3,5-12,19H,4,13-18,21H2,1H3,(H2,33,34,38). The number of urea groups is 1. The van der Waals surface area contributed by atoms with Crippen LogP contribution in [-0.4, -0.2) is 57.3 Å². The van der Waals surface area contributed by atoms with E-state index in [1.807, 2.05) is 30.3 Å². The van der Waals surface area contributed by atoms with E-state index in [9.17, 15) is 4.79 Å². The fourth-order valence-electron chi connectivity index (χ4n) is 4.52. The van der Waals surface area contributed by atoms with Gasteiger partial charge in [0.2, 0.25) is 0 Å². The Kier molecular flexibility index (Phi) is 10.1. The normalized spacial score (nSPS) is 13.4. The molecule has 0 atom stereocenters. The van der Waals surface area contributed by atoms with Gasteiger partial charge in [-0.15, -0.1) is 0 Å². The minimum absolute atomic E-state index is 0.323. The average Bonchev–Trinajstić information content (AvgIpc) is 2.96. The number of methoxy groups -OCH3 is 1. The zero-order valence-electron chi connectivity index (χ0n) is 21.9. The molecule has 0 unspecified atom stereocenters. The Morgan fingerprint density at radius 1 is 1.05 bits per heavy atom. The van der Waals surface area contributed by atoms with Gasteiger partial charge in [-0.3, -0.25) is 9.91 Å². The number of anilines is 2. The molecule has 2 N–H and O–H groups in total. The third-order valence-electron chi connectivity index (χ3n) is 6.60. The van der Waals surface area contributed by atoms with Gasteiger partial charge in [0.15, 0.2) is 0 Å². The first-order chi connectivity index (χ1) is 19.0. The van der Waals surface area contributed by atoms with Crippen LogP contribution >= 0.6 is 23.2 Å². The highest BCUT2D eigenvalue weighted by Gasteiger charge is 2.19. The molecule has 1 saturated heterocycles. The van der Waals surface area contributed by atoms with Crippen molar-refractivity contribution in [1.82, 2.24) is 15.6 Å². The molecule has 1 aliphatic rings. The van der Waals surface area contributed by atoms with E-state index >= 15 is 0 Å². The monoisotopic (exact) mass is 566 g/mol. The largest absolute Gasteiger partial charge is 0.495 e. The molecule has 3 aromatic carbocycles. The predicted octanol–water partition coefficient (Wildman–Crippen LogP) is 5.31. The lowest BCUT2D eigenvalue weighted by Gasteiger charge is -2.36. The molecule has 10 heteroatoms. The van der Waals surface area contributed by atoms with Crippen LogP contribution in [0.4, 0.5) is 16.2 Å². The second kappa shape index (κ2) is 13.9. The van der Waals surface area contributed by atoms with Crippen molar-refractivity contribution < 1.29 is 9.53 Å². The third-order valence-corrected chi connectivity index (χ3v) is 7.13. The van der Waals surface area contributed by atoms with E-state index in [1.165, 1.54) is 0 Å². The number of halogens is 2. The Hall–Kier alpha value is -3.64. The number of rotatable bonds is 10. The number of para-hydroxylation sites is 2. The fraction of sp³-hybridized carbons (Fsp3) is 0.310. The van der Waals surface area contributed by atoms with Gasteiger partial charge < -0.3 is 15.0 Å². The lowest BCUT2D eigenvalue weighted by atomic mass is 10.1. The van der Waals surface area contributed by atoms with Crippen LogP contribution < -0.4 is 25.4 Å². The van der Waals surface area contributed by atoms with Gasteiger partial charge in [0.1, 0.15) is 5.75 Å². The minimum Gasteiger partial charge on any atom is -0.495 e. The van der Waals surface area contributed by atoms with Crippen LogP contribution in [0, 0.1) is 11.3 Å². The summed E-state index contributed by atoms with van der Waals surface area (Å²) in [6.45, 7) is 5.57. The second-order valence-corrected chi connectivity index (χ2v) is 10.1. The summed E-state index contributed by atoms with van der Waals surface area (Å²) in [6.07, 6.45) is 0.833. The lowest BCUT2D eigenvalue weighted by molar-refractivity contribution is 0.235. The third kappa shape index (κ3) is 7.93. The Labute approximate surface area is 239 Å². The highest BCUT2D eigenvalue weighted by atomic mass is 35.5. The second-order valence-electron chi connectivity index (χ2n) is 9.21. The molecule has 3 aromatic rings. The zero-order chi connectivity index (χ0) is 27.6. The smallest absolute Gasteiger partial charge is 0.333 e. The van der Waals surface area contributed by atoms with Crippen molar-refractivity contribution >= 4 is 40.6 Å². The van der Waals surface area contributed by atoms with Crippen LogP contribution in [0.2, 0.25) is 10.0 Å². The molecule has 1 fully saturated rings. The number of carbonyl (C=O) groups excluding carboxylic acids is 1. The number of amides is 2. The molecule has 39 heavy (non-hydrogen) atoms. The molecule has 0 aliphatic carbocycles. The summed E-state index contributed by atoms with van der Waals surface area (Å²) in [5, 5.41) is 14.6. The number of hydrogen-bond acceptors (Lipinski definition) is 6. The van der Waals surface area contributed by atoms with Crippen molar-refractivity contribution in [1.29, 1.82) is 5.26 Å². The van der Waals surface area contributed by atoms with Gasteiger partial charge in [-0.25, -0.2) is 10.2 Å². The van der Waals surface area contributed by atoms with Gasteiger partial charge in [0, 0.05) is 37.7 Å². The van der Waals surface area contributed by atoms with E-state index in [2.05, 4.69) is 32.7 Å². The summed E-state index contributed by atoms with van der Waals surface area (Å²) >= 11 is 12.5. The first-order valence-corrected chi connectivity index (χ1v) is 13.6. The number of nitrogens with zero attached hydrogens (tertiary/aromatic N) is 4. The summed E-state index contributed by atoms with van der Waals surface area (Å²) in [5.74, 6) is 0.897. The number of hydrogen-bond donors (Lipinski definition) is 2. The summed E-state index contributed by atoms with van der Waals surface area (Å²) in [5.41, 5.74) is 6.13. The molecule has 0 saturated carbocycles. The molecule has 0 spiro atoms. The van der Waals surface area contributed by atoms with E-state index in [-0.39, 0.29) is 6.03 Å². The molecule has 4 rings (SSSR count). The van der Waals surface area contributed by atoms with Crippen molar-refractivity contribution in [2.45, 2.75) is 13.0 Å². The molecule has 0 aromatic heterocycles. The predicted molar refractivity (Wildman–Crippen MR) is 157 cm³/mol. The van der Waals surface area contributed by atoms with E-state index in [0.717, 1.165) is 56.1 Å². The van der Waals surface area contributed by atoms with Gasteiger partial charge >= 0.3 is 6.03 Å². The number of nitriles is 1. The number of piperazine rings is 1. The molecule has 2 amide bonds. The van der Waals surface area contributed by atoms with Crippen molar-refractivity contribution in [2.24, 2.45) is 0 Å². The summed E-state index contributed by atoms with van der Waals surface area (Å²) in [7, 11) is 1.70. The lowest BCUT2D eigenvalue weighted by Crippen LogP contribution is -2.49. The molecule has 204 valence electrons. The van der Waals surface area contributed by atoms with Crippen LogP contribution in [0.5, 0.6) is 5.75 Å². The maximum atomic E-state index is 12.8. The Morgan fingerprint density at radius 2 is 1.79 bits per heavy atom. The number of benzene rings is 3. The highest BCUT2D eigenvalue weighted by Crippen LogP contribution is 2.30. The first-order valence-electron chi connectivity index (χ1n) is 12.8. The van der Waals surface area contributed by atoms with Crippen molar-refractivity contribution in [3.8, 4) is 11.8 Å². The Bertz CT molecular complexity index is 1290. The van der Waals surface area contributed by atoms with Crippen LogP contribution in [0.25, 0.3) is 0 Å². The summed E-state index contributed by atoms with van der Waals surface area (Å²) in [6, 6.07) is 22.2.